The Balaban J connectivity index is 2.41. The van der Waals surface area contributed by atoms with E-state index in [1.165, 1.54) is 11.1 Å². The summed E-state index contributed by atoms with van der Waals surface area (Å²) in [6.45, 7) is 2.43. The summed E-state index contributed by atoms with van der Waals surface area (Å²) in [6, 6.07) is 0. The number of hydrogen-bond donors (Lipinski definition) is 1. The Morgan fingerprint density at radius 2 is 2.30 bits per heavy atom. The quantitative estimate of drug-likeness (QED) is 0.579. The van der Waals surface area contributed by atoms with Crippen molar-refractivity contribution in [2.75, 3.05) is 6.61 Å². The molecule has 0 radical (unpaired) electrons. The third kappa shape index (κ3) is 1.99. The number of aliphatic hydroxyl groups is 1. The summed E-state index contributed by atoms with van der Waals surface area (Å²) in [4.78, 5) is 0. The van der Waals surface area contributed by atoms with E-state index in [0.29, 0.717) is 6.61 Å². The Morgan fingerprint density at radius 3 is 2.90 bits per heavy atom. The van der Waals surface area contributed by atoms with Crippen molar-refractivity contribution < 1.29 is 5.11 Å². The van der Waals surface area contributed by atoms with Crippen LogP contribution in [0.25, 0.3) is 0 Å². The molecule has 0 saturated heterocycles. The molecule has 1 aliphatic carbocycles. The Kier molecular flexibility index (Phi) is 2.69. The van der Waals surface area contributed by atoms with Gasteiger partial charge in [-0.2, -0.15) is 0 Å². The van der Waals surface area contributed by atoms with Crippen LogP contribution in [0.2, 0.25) is 0 Å². The Bertz CT molecular complexity index is 166. The molecule has 0 atom stereocenters. The summed E-state index contributed by atoms with van der Waals surface area (Å²) in [6.07, 6.45) is 7.43. The van der Waals surface area contributed by atoms with Crippen molar-refractivity contribution in [3.63, 3.8) is 0 Å². The molecule has 1 N–H and O–H groups in total. The number of aliphatic hydroxyl groups excluding tert-OH is 1. The zero-order chi connectivity index (χ0) is 7.40. The molecule has 56 valence electrons. The molecule has 1 rings (SSSR count). The van der Waals surface area contributed by atoms with E-state index in [2.05, 4.69) is 19.1 Å². The van der Waals surface area contributed by atoms with Gasteiger partial charge in [-0.25, -0.2) is 0 Å². The SMILES string of the molecule is CC1=CCC=C(CCO)C1. The van der Waals surface area contributed by atoms with Gasteiger partial charge in [-0.3, -0.25) is 0 Å². The van der Waals surface area contributed by atoms with Crippen LogP contribution < -0.4 is 0 Å². The monoisotopic (exact) mass is 138 g/mol. The zero-order valence-electron chi connectivity index (χ0n) is 6.43. The van der Waals surface area contributed by atoms with Gasteiger partial charge in [-0.15, -0.1) is 0 Å². The molecule has 10 heavy (non-hydrogen) atoms. The van der Waals surface area contributed by atoms with Gasteiger partial charge in [-0.05, 0) is 26.2 Å². The highest BCUT2D eigenvalue weighted by molar-refractivity contribution is 5.20. The Morgan fingerprint density at radius 1 is 1.50 bits per heavy atom. The van der Waals surface area contributed by atoms with Crippen LogP contribution in [0.4, 0.5) is 0 Å². The van der Waals surface area contributed by atoms with Crippen LogP contribution in [0.1, 0.15) is 26.2 Å². The highest BCUT2D eigenvalue weighted by Gasteiger charge is 2.01. The maximum atomic E-state index is 8.64. The average molecular weight is 138 g/mol. The second kappa shape index (κ2) is 3.57. The van der Waals surface area contributed by atoms with Gasteiger partial charge in [0.25, 0.3) is 0 Å². The van der Waals surface area contributed by atoms with E-state index in [1.807, 2.05) is 0 Å². The van der Waals surface area contributed by atoms with E-state index in [9.17, 15) is 0 Å². The molecule has 1 nitrogen and oxygen atoms in total. The molecular formula is C9H14O. The van der Waals surface area contributed by atoms with Crippen molar-refractivity contribution in [2.24, 2.45) is 0 Å². The number of rotatable bonds is 2. The van der Waals surface area contributed by atoms with E-state index < -0.39 is 0 Å². The molecule has 0 aliphatic heterocycles. The van der Waals surface area contributed by atoms with Crippen LogP contribution in [0.15, 0.2) is 23.3 Å². The zero-order valence-corrected chi connectivity index (χ0v) is 6.43. The third-order valence-corrected chi connectivity index (χ3v) is 1.81. The first kappa shape index (κ1) is 7.55. The van der Waals surface area contributed by atoms with Crippen LogP contribution >= 0.6 is 0 Å². The molecular weight excluding hydrogens is 124 g/mol. The van der Waals surface area contributed by atoms with Crippen molar-refractivity contribution in [3.05, 3.63) is 23.3 Å². The van der Waals surface area contributed by atoms with Crippen LogP contribution in [0.5, 0.6) is 0 Å². The van der Waals surface area contributed by atoms with Crippen LogP contribution in [-0.4, -0.2) is 11.7 Å². The van der Waals surface area contributed by atoms with Crippen LogP contribution in [-0.2, 0) is 0 Å². The minimum absolute atomic E-state index is 0.291. The smallest absolute Gasteiger partial charge is 0.0468 e. The van der Waals surface area contributed by atoms with Crippen molar-refractivity contribution in [2.45, 2.75) is 26.2 Å². The standard InChI is InChI=1S/C9H14O/c1-8-3-2-4-9(7-8)5-6-10/h3-4,10H,2,5-7H2,1H3. The summed E-state index contributed by atoms with van der Waals surface area (Å²) in [5.41, 5.74) is 2.83. The lowest BCUT2D eigenvalue weighted by atomic mass is 9.97. The lowest BCUT2D eigenvalue weighted by Crippen LogP contribution is -1.93. The first-order valence-corrected chi connectivity index (χ1v) is 3.77. The largest absolute Gasteiger partial charge is 0.396 e. The molecule has 0 unspecified atom stereocenters. The summed E-state index contributed by atoms with van der Waals surface area (Å²) in [5.74, 6) is 0. The summed E-state index contributed by atoms with van der Waals surface area (Å²) >= 11 is 0. The maximum absolute atomic E-state index is 8.64. The fourth-order valence-corrected chi connectivity index (χ4v) is 1.26. The molecule has 0 heterocycles. The molecule has 0 aromatic rings. The van der Waals surface area contributed by atoms with Gasteiger partial charge in [0.2, 0.25) is 0 Å². The first-order chi connectivity index (χ1) is 4.83. The number of allylic oxidation sites excluding steroid dienone is 3. The predicted molar refractivity (Wildman–Crippen MR) is 42.8 cm³/mol. The van der Waals surface area contributed by atoms with Crippen LogP contribution in [0.3, 0.4) is 0 Å². The fourth-order valence-electron chi connectivity index (χ4n) is 1.26. The van der Waals surface area contributed by atoms with E-state index in [1.54, 1.807) is 0 Å². The van der Waals surface area contributed by atoms with E-state index in [-0.39, 0.29) is 0 Å². The average Bonchev–Trinajstić information content (AvgIpc) is 1.88. The molecule has 1 aliphatic rings. The van der Waals surface area contributed by atoms with Gasteiger partial charge in [0.15, 0.2) is 0 Å². The summed E-state index contributed by atoms with van der Waals surface area (Å²) < 4.78 is 0. The summed E-state index contributed by atoms with van der Waals surface area (Å²) in [5, 5.41) is 8.64. The topological polar surface area (TPSA) is 20.2 Å². The lowest BCUT2D eigenvalue weighted by molar-refractivity contribution is 0.298. The maximum Gasteiger partial charge on any atom is 0.0468 e. The molecule has 0 fully saturated rings. The van der Waals surface area contributed by atoms with Gasteiger partial charge in [0.1, 0.15) is 0 Å². The van der Waals surface area contributed by atoms with Gasteiger partial charge in [0, 0.05) is 6.61 Å². The Labute approximate surface area is 62.1 Å². The molecule has 0 spiro atoms. The highest BCUT2D eigenvalue weighted by Crippen LogP contribution is 2.19. The fraction of sp³-hybridized carbons (Fsp3) is 0.556. The highest BCUT2D eigenvalue weighted by atomic mass is 16.2. The summed E-state index contributed by atoms with van der Waals surface area (Å²) in [7, 11) is 0. The van der Waals surface area contributed by atoms with Crippen molar-refractivity contribution in [1.29, 1.82) is 0 Å². The van der Waals surface area contributed by atoms with E-state index >= 15 is 0 Å². The normalized spacial score (nSPS) is 18.2. The molecule has 1 heteroatoms. The molecule has 0 aromatic heterocycles. The van der Waals surface area contributed by atoms with Gasteiger partial charge in [-0.1, -0.05) is 23.3 Å². The second-order valence-corrected chi connectivity index (χ2v) is 2.80. The third-order valence-electron chi connectivity index (χ3n) is 1.81. The molecule has 0 amide bonds. The minimum atomic E-state index is 0.291. The molecule has 0 saturated carbocycles. The van der Waals surface area contributed by atoms with E-state index in [0.717, 1.165) is 19.3 Å². The van der Waals surface area contributed by atoms with Crippen molar-refractivity contribution >= 4 is 0 Å². The molecule has 0 aromatic carbocycles. The first-order valence-electron chi connectivity index (χ1n) is 3.77. The van der Waals surface area contributed by atoms with Crippen molar-refractivity contribution in [3.8, 4) is 0 Å². The van der Waals surface area contributed by atoms with Gasteiger partial charge in [0.05, 0.1) is 0 Å². The second-order valence-electron chi connectivity index (χ2n) is 2.80. The van der Waals surface area contributed by atoms with E-state index in [4.69, 9.17) is 5.11 Å². The number of hydrogen-bond acceptors (Lipinski definition) is 1. The van der Waals surface area contributed by atoms with Gasteiger partial charge >= 0.3 is 0 Å². The van der Waals surface area contributed by atoms with Gasteiger partial charge < -0.3 is 5.11 Å². The minimum Gasteiger partial charge on any atom is -0.396 e. The lowest BCUT2D eigenvalue weighted by Gasteiger charge is -2.10. The van der Waals surface area contributed by atoms with Crippen LogP contribution in [0, 0.1) is 0 Å². The molecule has 0 bridgehead atoms. The van der Waals surface area contributed by atoms with Crippen molar-refractivity contribution in [1.82, 2.24) is 0 Å². The Hall–Kier alpha value is -0.560. The predicted octanol–water partition coefficient (Wildman–Crippen LogP) is 2.04.